The van der Waals surface area contributed by atoms with E-state index >= 15 is 0 Å². The van der Waals surface area contributed by atoms with Gasteiger partial charge in [-0.05, 0) is 25.1 Å². The second-order valence-electron chi connectivity index (χ2n) is 8.25. The number of aromatic carboxylic acids is 2. The van der Waals surface area contributed by atoms with Crippen molar-refractivity contribution in [3.63, 3.8) is 0 Å². The van der Waals surface area contributed by atoms with Crippen LogP contribution in [0.25, 0.3) is 0 Å². The minimum Gasteiger partial charge on any atom is -0.478 e. The van der Waals surface area contributed by atoms with Gasteiger partial charge in [0.1, 0.15) is 0 Å². The van der Waals surface area contributed by atoms with Crippen molar-refractivity contribution in [3.8, 4) is 0 Å². The summed E-state index contributed by atoms with van der Waals surface area (Å²) in [7, 11) is 0. The lowest BCUT2D eigenvalue weighted by Crippen LogP contribution is -2.06. The average molecular weight is 436 g/mol. The summed E-state index contributed by atoms with van der Waals surface area (Å²) in [4.78, 5) is 20.9. The molecule has 178 valence electrons. The molecule has 0 radical (unpaired) electrons. The average Bonchev–Trinajstić information content (AvgIpc) is 2.77. The van der Waals surface area contributed by atoms with E-state index in [9.17, 15) is 9.59 Å². The number of carboxylic acids is 2. The summed E-state index contributed by atoms with van der Waals surface area (Å²) in [6, 6.07) is 5.48. The molecule has 5 heteroatoms. The molecular weight excluding hydrogens is 390 g/mol. The van der Waals surface area contributed by atoms with Gasteiger partial charge < -0.3 is 15.9 Å². The van der Waals surface area contributed by atoms with Crippen LogP contribution in [0.15, 0.2) is 24.3 Å². The quantitative estimate of drug-likeness (QED) is 0.210. The van der Waals surface area contributed by atoms with Gasteiger partial charge in [0, 0.05) is 0 Å². The molecule has 1 aromatic carbocycles. The molecule has 1 aromatic rings. The second-order valence-corrected chi connectivity index (χ2v) is 8.25. The first-order valence-electron chi connectivity index (χ1n) is 12.3. The van der Waals surface area contributed by atoms with Crippen LogP contribution in [0.5, 0.6) is 0 Å². The maximum Gasteiger partial charge on any atom is 0.336 e. The summed E-state index contributed by atoms with van der Waals surface area (Å²) in [6.07, 6.45) is 22.9. The Balaban J connectivity index is 0.000000639. The summed E-state index contributed by atoms with van der Waals surface area (Å²) in [5, 5.41) is 17.1. The molecule has 5 nitrogen and oxygen atoms in total. The van der Waals surface area contributed by atoms with E-state index in [-0.39, 0.29) is 11.1 Å². The smallest absolute Gasteiger partial charge is 0.336 e. The van der Waals surface area contributed by atoms with Gasteiger partial charge >= 0.3 is 11.9 Å². The minimum atomic E-state index is -1.23. The fourth-order valence-corrected chi connectivity index (χ4v) is 3.55. The zero-order chi connectivity index (χ0) is 23.2. The molecule has 31 heavy (non-hydrogen) atoms. The molecule has 0 unspecified atom stereocenters. The highest BCUT2D eigenvalue weighted by Crippen LogP contribution is 2.13. The number of hydrogen-bond donors (Lipinski definition) is 3. The molecule has 4 N–H and O–H groups in total. The number of carboxylic acid groups (broad SMARTS) is 2. The van der Waals surface area contributed by atoms with E-state index in [2.05, 4.69) is 6.92 Å². The molecule has 0 aliphatic rings. The highest BCUT2D eigenvalue weighted by molar-refractivity contribution is 6.01. The molecule has 1 rings (SSSR count). The van der Waals surface area contributed by atoms with Crippen molar-refractivity contribution in [3.05, 3.63) is 35.4 Å². The van der Waals surface area contributed by atoms with Crippen molar-refractivity contribution >= 4 is 11.9 Å². The number of carbonyl (C=O) groups is 2. The van der Waals surface area contributed by atoms with E-state index in [4.69, 9.17) is 15.9 Å². The molecule has 0 fully saturated rings. The van der Waals surface area contributed by atoms with Crippen molar-refractivity contribution in [1.82, 2.24) is 0 Å². The Hall–Kier alpha value is -1.88. The summed E-state index contributed by atoms with van der Waals surface area (Å²) < 4.78 is 0. The number of rotatable bonds is 18. The lowest BCUT2D eigenvalue weighted by atomic mass is 10.0. The third-order valence-corrected chi connectivity index (χ3v) is 5.45. The van der Waals surface area contributed by atoms with E-state index in [0.29, 0.717) is 0 Å². The van der Waals surface area contributed by atoms with E-state index in [1.807, 2.05) is 0 Å². The monoisotopic (exact) mass is 435 g/mol. The molecule has 0 aliphatic carbocycles. The van der Waals surface area contributed by atoms with Gasteiger partial charge in [-0.15, -0.1) is 0 Å². The van der Waals surface area contributed by atoms with Crippen molar-refractivity contribution in [2.75, 3.05) is 6.54 Å². The van der Waals surface area contributed by atoms with Crippen molar-refractivity contribution in [2.45, 2.75) is 110 Å². The van der Waals surface area contributed by atoms with Gasteiger partial charge in [-0.3, -0.25) is 0 Å². The summed E-state index contributed by atoms with van der Waals surface area (Å²) in [5.74, 6) is -2.46. The van der Waals surface area contributed by atoms with Crippen LogP contribution in [-0.4, -0.2) is 28.7 Å². The number of unbranched alkanes of at least 4 members (excludes halogenated alkanes) is 15. The highest BCUT2D eigenvalue weighted by atomic mass is 16.4. The second kappa shape index (κ2) is 21.4. The first-order chi connectivity index (χ1) is 15.0. The van der Waals surface area contributed by atoms with E-state index in [1.165, 1.54) is 127 Å². The van der Waals surface area contributed by atoms with E-state index in [1.54, 1.807) is 0 Å². The molecule has 0 saturated carbocycles. The van der Waals surface area contributed by atoms with Crippen LogP contribution in [-0.2, 0) is 0 Å². The molecule has 0 heterocycles. The van der Waals surface area contributed by atoms with Crippen molar-refractivity contribution < 1.29 is 19.8 Å². The molecule has 0 atom stereocenters. The molecular formula is C26H45NO4. The Kier molecular flexibility index (Phi) is 20.1. The zero-order valence-electron chi connectivity index (χ0n) is 19.6. The number of hydrogen-bond acceptors (Lipinski definition) is 3. The van der Waals surface area contributed by atoms with Gasteiger partial charge in [0.15, 0.2) is 0 Å². The Morgan fingerprint density at radius 2 is 0.903 bits per heavy atom. The first kappa shape index (κ1) is 29.1. The van der Waals surface area contributed by atoms with Crippen LogP contribution in [0.1, 0.15) is 130 Å². The Morgan fingerprint density at radius 1 is 0.613 bits per heavy atom. The largest absolute Gasteiger partial charge is 0.478 e. The van der Waals surface area contributed by atoms with E-state index in [0.717, 1.165) is 6.54 Å². The lowest BCUT2D eigenvalue weighted by molar-refractivity contribution is 0.0651. The Morgan fingerprint density at radius 3 is 1.16 bits per heavy atom. The maximum atomic E-state index is 10.5. The molecule has 0 spiro atoms. The van der Waals surface area contributed by atoms with E-state index < -0.39 is 11.9 Å². The van der Waals surface area contributed by atoms with Gasteiger partial charge in [0.2, 0.25) is 0 Å². The van der Waals surface area contributed by atoms with Gasteiger partial charge in [-0.25, -0.2) is 9.59 Å². The van der Waals surface area contributed by atoms with Crippen LogP contribution in [0.4, 0.5) is 0 Å². The highest BCUT2D eigenvalue weighted by Gasteiger charge is 2.13. The van der Waals surface area contributed by atoms with Crippen molar-refractivity contribution in [2.24, 2.45) is 5.73 Å². The zero-order valence-corrected chi connectivity index (χ0v) is 19.6. The van der Waals surface area contributed by atoms with Gasteiger partial charge in [0.25, 0.3) is 0 Å². The van der Waals surface area contributed by atoms with Crippen LogP contribution >= 0.6 is 0 Å². The number of benzene rings is 1. The number of nitrogens with two attached hydrogens (primary N) is 1. The third kappa shape index (κ3) is 17.5. The maximum absolute atomic E-state index is 10.5. The summed E-state index contributed by atoms with van der Waals surface area (Å²) in [5.41, 5.74) is 5.10. The van der Waals surface area contributed by atoms with Gasteiger partial charge in [0.05, 0.1) is 11.1 Å². The Labute approximate surface area is 189 Å². The third-order valence-electron chi connectivity index (χ3n) is 5.45. The van der Waals surface area contributed by atoms with Crippen LogP contribution < -0.4 is 5.73 Å². The standard InChI is InChI=1S/C18H39N.C8H6O4/c1-2-3-4-5-6-7-8-9-10-11-12-13-14-15-16-17-18-19;9-7(10)5-3-1-2-4-6(5)8(11)12/h2-19H2,1H3;1-4H,(H,9,10)(H,11,12). The lowest BCUT2D eigenvalue weighted by Gasteiger charge is -2.03. The normalized spacial score (nSPS) is 10.4. The van der Waals surface area contributed by atoms with Crippen molar-refractivity contribution in [1.29, 1.82) is 0 Å². The fourth-order valence-electron chi connectivity index (χ4n) is 3.55. The molecule has 0 aliphatic heterocycles. The topological polar surface area (TPSA) is 101 Å². The van der Waals surface area contributed by atoms with Gasteiger partial charge in [-0.1, -0.05) is 115 Å². The fraction of sp³-hybridized carbons (Fsp3) is 0.692. The van der Waals surface area contributed by atoms with Crippen LogP contribution in [0, 0.1) is 0 Å². The molecule has 0 aromatic heterocycles. The SMILES string of the molecule is CCCCCCCCCCCCCCCCCCN.O=C(O)c1ccccc1C(=O)O. The minimum absolute atomic E-state index is 0.190. The molecule has 0 bridgehead atoms. The molecule has 0 amide bonds. The first-order valence-corrected chi connectivity index (χ1v) is 12.3. The summed E-state index contributed by atoms with van der Waals surface area (Å²) >= 11 is 0. The predicted octanol–water partition coefficient (Wildman–Crippen LogP) is 7.29. The predicted molar refractivity (Wildman–Crippen MR) is 129 cm³/mol. The summed E-state index contributed by atoms with van der Waals surface area (Å²) in [6.45, 7) is 3.16. The van der Waals surface area contributed by atoms with Crippen LogP contribution in [0.2, 0.25) is 0 Å². The van der Waals surface area contributed by atoms with Gasteiger partial charge in [-0.2, -0.15) is 0 Å². The molecule has 0 saturated heterocycles. The van der Waals surface area contributed by atoms with Crippen LogP contribution in [0.3, 0.4) is 0 Å². The Bertz CT molecular complexity index is 525.